The maximum absolute atomic E-state index is 5.77. The number of aromatic nitrogens is 3. The molecule has 0 aromatic carbocycles. The number of furan rings is 1. The summed E-state index contributed by atoms with van der Waals surface area (Å²) >= 11 is 0. The lowest BCUT2D eigenvalue weighted by Gasteiger charge is -2.29. The second kappa shape index (κ2) is 6.33. The molecule has 0 spiro atoms. The maximum Gasteiger partial charge on any atom is 0.263 e. The topological polar surface area (TPSA) is 71.4 Å². The summed E-state index contributed by atoms with van der Waals surface area (Å²) in [6, 6.07) is 3.69. The molecule has 3 aromatic heterocycles. The van der Waals surface area contributed by atoms with Crippen LogP contribution in [0.4, 0.5) is 5.82 Å². The average molecular weight is 339 g/mol. The Kier molecular flexibility index (Phi) is 4.01. The summed E-state index contributed by atoms with van der Waals surface area (Å²) in [5.41, 5.74) is 3.28. The summed E-state index contributed by atoms with van der Waals surface area (Å²) in [6.07, 6.45) is 4.20. The summed E-state index contributed by atoms with van der Waals surface area (Å²) in [5, 5.41) is 0. The molecular weight excluding hydrogens is 318 g/mol. The largest absolute Gasteiger partial charge is 0.459 e. The van der Waals surface area contributed by atoms with Crippen molar-refractivity contribution in [3.63, 3.8) is 0 Å². The van der Waals surface area contributed by atoms with E-state index in [1.165, 1.54) is 5.56 Å². The van der Waals surface area contributed by atoms with Crippen LogP contribution in [0.1, 0.15) is 22.7 Å². The van der Waals surface area contributed by atoms with Gasteiger partial charge in [-0.1, -0.05) is 0 Å². The van der Waals surface area contributed by atoms with Gasteiger partial charge in [-0.25, -0.2) is 15.0 Å². The third kappa shape index (κ3) is 3.02. The highest BCUT2D eigenvalue weighted by Gasteiger charge is 2.24. The van der Waals surface area contributed by atoms with Gasteiger partial charge in [-0.2, -0.15) is 0 Å². The van der Waals surface area contributed by atoms with Crippen LogP contribution in [0.15, 0.2) is 33.6 Å². The first-order chi connectivity index (χ1) is 12.1. The molecule has 0 saturated carbocycles. The van der Waals surface area contributed by atoms with Crippen LogP contribution in [-0.4, -0.2) is 40.5 Å². The van der Waals surface area contributed by atoms with Crippen molar-refractivity contribution in [3.05, 3.63) is 47.4 Å². The first-order valence-electron chi connectivity index (χ1n) is 8.34. The molecule has 7 heteroatoms. The summed E-state index contributed by atoms with van der Waals surface area (Å²) in [6.45, 7) is 4.43. The number of fused-ring (bicyclic) bond motifs is 1. The summed E-state index contributed by atoms with van der Waals surface area (Å²) in [5.74, 6) is 3.01. The predicted molar refractivity (Wildman–Crippen MR) is 93.1 cm³/mol. The van der Waals surface area contributed by atoms with Crippen molar-refractivity contribution >= 4 is 5.82 Å². The third-order valence-corrected chi connectivity index (χ3v) is 4.48. The van der Waals surface area contributed by atoms with Crippen LogP contribution >= 0.6 is 0 Å². The van der Waals surface area contributed by atoms with Crippen LogP contribution in [0, 0.1) is 6.92 Å². The predicted octanol–water partition coefficient (Wildman–Crippen LogP) is 2.66. The lowest BCUT2D eigenvalue weighted by molar-refractivity contribution is 0.239. The van der Waals surface area contributed by atoms with Gasteiger partial charge in [-0.05, 0) is 19.1 Å². The number of nitrogens with zero attached hydrogens (tertiary/aromatic N) is 5. The zero-order valence-electron chi connectivity index (χ0n) is 14.7. The van der Waals surface area contributed by atoms with E-state index in [0.29, 0.717) is 11.7 Å². The number of anilines is 1. The van der Waals surface area contributed by atoms with E-state index >= 15 is 0 Å². The van der Waals surface area contributed by atoms with Gasteiger partial charge in [0.2, 0.25) is 0 Å². The van der Waals surface area contributed by atoms with Crippen LogP contribution in [0.25, 0.3) is 11.7 Å². The number of hydrogen-bond acceptors (Lipinski definition) is 7. The Morgan fingerprint density at radius 2 is 2.16 bits per heavy atom. The summed E-state index contributed by atoms with van der Waals surface area (Å²) < 4.78 is 11.1. The molecule has 4 rings (SSSR count). The second-order valence-electron chi connectivity index (χ2n) is 6.48. The molecule has 0 aliphatic carbocycles. The number of rotatable bonds is 4. The normalized spacial score (nSPS) is 14.5. The Balaban J connectivity index is 1.55. The fourth-order valence-electron chi connectivity index (χ4n) is 3.19. The molecule has 0 unspecified atom stereocenters. The van der Waals surface area contributed by atoms with Gasteiger partial charge >= 0.3 is 0 Å². The van der Waals surface area contributed by atoms with Gasteiger partial charge in [0.25, 0.3) is 5.89 Å². The van der Waals surface area contributed by atoms with Crippen molar-refractivity contribution in [1.82, 2.24) is 19.9 Å². The number of aryl methyl sites for hydroxylation is 1. The van der Waals surface area contributed by atoms with Crippen LogP contribution in [0.2, 0.25) is 0 Å². The van der Waals surface area contributed by atoms with Crippen LogP contribution in [-0.2, 0) is 19.5 Å². The molecule has 0 N–H and O–H groups in total. The van der Waals surface area contributed by atoms with Gasteiger partial charge in [-0.3, -0.25) is 4.90 Å². The van der Waals surface area contributed by atoms with Crippen LogP contribution in [0.3, 0.4) is 0 Å². The Hall–Kier alpha value is -2.67. The first kappa shape index (κ1) is 15.8. The number of oxazole rings is 1. The highest BCUT2D eigenvalue weighted by Crippen LogP contribution is 2.27. The van der Waals surface area contributed by atoms with Crippen molar-refractivity contribution in [1.29, 1.82) is 0 Å². The smallest absolute Gasteiger partial charge is 0.263 e. The van der Waals surface area contributed by atoms with E-state index in [-0.39, 0.29) is 0 Å². The molecule has 7 nitrogen and oxygen atoms in total. The summed E-state index contributed by atoms with van der Waals surface area (Å²) in [7, 11) is 4.03. The van der Waals surface area contributed by atoms with Crippen molar-refractivity contribution in [3.8, 4) is 11.7 Å². The van der Waals surface area contributed by atoms with Gasteiger partial charge in [0.15, 0.2) is 5.76 Å². The lowest BCUT2D eigenvalue weighted by Crippen LogP contribution is -2.32. The van der Waals surface area contributed by atoms with E-state index in [0.717, 1.165) is 49.0 Å². The van der Waals surface area contributed by atoms with Crippen molar-refractivity contribution in [2.45, 2.75) is 26.4 Å². The van der Waals surface area contributed by atoms with Crippen molar-refractivity contribution in [2.75, 3.05) is 25.5 Å². The highest BCUT2D eigenvalue weighted by atomic mass is 16.4. The molecule has 0 fully saturated rings. The molecule has 25 heavy (non-hydrogen) atoms. The molecule has 1 aliphatic rings. The number of hydrogen-bond donors (Lipinski definition) is 0. The zero-order chi connectivity index (χ0) is 17.4. The van der Waals surface area contributed by atoms with E-state index in [1.807, 2.05) is 38.1 Å². The fraction of sp³-hybridized carbons (Fsp3) is 0.389. The van der Waals surface area contributed by atoms with Gasteiger partial charge in [0, 0.05) is 45.7 Å². The van der Waals surface area contributed by atoms with Gasteiger partial charge in [0.1, 0.15) is 17.9 Å². The van der Waals surface area contributed by atoms with Gasteiger partial charge < -0.3 is 13.7 Å². The molecule has 0 amide bonds. The fourth-order valence-corrected chi connectivity index (χ4v) is 3.19. The SMILES string of the molecule is Cc1oc(-c2ccco2)nc1CN1CCc2ncnc(N(C)C)c2C1. The average Bonchev–Trinajstić information content (AvgIpc) is 3.24. The van der Waals surface area contributed by atoms with E-state index in [2.05, 4.69) is 19.9 Å². The monoisotopic (exact) mass is 339 g/mol. The third-order valence-electron chi connectivity index (χ3n) is 4.48. The van der Waals surface area contributed by atoms with E-state index in [9.17, 15) is 0 Å². The molecule has 0 saturated heterocycles. The quantitative estimate of drug-likeness (QED) is 0.723. The molecule has 0 bridgehead atoms. The minimum atomic E-state index is 0.534. The highest BCUT2D eigenvalue weighted by molar-refractivity contribution is 5.48. The lowest BCUT2D eigenvalue weighted by atomic mass is 10.1. The maximum atomic E-state index is 5.77. The minimum Gasteiger partial charge on any atom is -0.459 e. The van der Waals surface area contributed by atoms with Crippen molar-refractivity contribution in [2.24, 2.45) is 0 Å². The molecule has 3 aromatic rings. The van der Waals surface area contributed by atoms with Crippen LogP contribution < -0.4 is 4.90 Å². The van der Waals surface area contributed by atoms with E-state index in [1.54, 1.807) is 12.6 Å². The van der Waals surface area contributed by atoms with Crippen molar-refractivity contribution < 1.29 is 8.83 Å². The molecule has 130 valence electrons. The Labute approximate surface area is 146 Å². The molecule has 1 aliphatic heterocycles. The second-order valence-corrected chi connectivity index (χ2v) is 6.48. The Bertz CT molecular complexity index is 870. The zero-order valence-corrected chi connectivity index (χ0v) is 14.7. The molecular formula is C18H21N5O2. The molecule has 4 heterocycles. The van der Waals surface area contributed by atoms with E-state index < -0.39 is 0 Å². The Morgan fingerprint density at radius 3 is 2.92 bits per heavy atom. The van der Waals surface area contributed by atoms with Gasteiger partial charge in [0.05, 0.1) is 17.7 Å². The van der Waals surface area contributed by atoms with E-state index in [4.69, 9.17) is 8.83 Å². The summed E-state index contributed by atoms with van der Waals surface area (Å²) in [4.78, 5) is 17.9. The first-order valence-corrected chi connectivity index (χ1v) is 8.34. The van der Waals surface area contributed by atoms with Gasteiger partial charge in [-0.15, -0.1) is 0 Å². The molecule has 0 atom stereocenters. The Morgan fingerprint density at radius 1 is 1.28 bits per heavy atom. The minimum absolute atomic E-state index is 0.534. The molecule has 0 radical (unpaired) electrons. The van der Waals surface area contributed by atoms with Crippen LogP contribution in [0.5, 0.6) is 0 Å². The standard InChI is InChI=1S/C18H21N5O2/c1-12-15(21-18(25-12)16-5-4-8-24-16)10-23-7-6-14-13(9-23)17(22(2)3)20-11-19-14/h4-5,8,11H,6-7,9-10H2,1-3H3.